The van der Waals surface area contributed by atoms with E-state index in [-0.39, 0.29) is 0 Å². The largest absolute Gasteiger partial charge is 0.249 e. The minimum atomic E-state index is 0.422. The van der Waals surface area contributed by atoms with Crippen LogP contribution in [0.3, 0.4) is 0 Å². The van der Waals surface area contributed by atoms with Crippen molar-refractivity contribution >= 4 is 46.6 Å². The van der Waals surface area contributed by atoms with Crippen LogP contribution in [-0.2, 0) is 12.3 Å². The molecule has 8 heteroatoms. The second-order valence-electron chi connectivity index (χ2n) is 9.21. The molecular formula is C24H25Cl3N4S. The van der Waals surface area contributed by atoms with E-state index in [9.17, 15) is 0 Å². The van der Waals surface area contributed by atoms with Crippen LogP contribution in [0, 0.1) is 5.41 Å². The fourth-order valence-corrected chi connectivity index (χ4v) is 6.13. The lowest BCUT2D eigenvalue weighted by molar-refractivity contribution is 0.0841. The lowest BCUT2D eigenvalue weighted by Crippen LogP contribution is -2.45. The predicted octanol–water partition coefficient (Wildman–Crippen LogP) is 7.23. The minimum Gasteiger partial charge on any atom is -0.249 e. The maximum atomic E-state index is 6.60. The van der Waals surface area contributed by atoms with Gasteiger partial charge in [-0.2, -0.15) is 5.10 Å². The van der Waals surface area contributed by atoms with E-state index in [2.05, 4.69) is 30.3 Å². The van der Waals surface area contributed by atoms with E-state index in [1.807, 2.05) is 40.7 Å². The van der Waals surface area contributed by atoms with E-state index < -0.39 is 0 Å². The summed E-state index contributed by atoms with van der Waals surface area (Å²) in [6.07, 6.45) is 2.38. The van der Waals surface area contributed by atoms with Gasteiger partial charge in [0.1, 0.15) is 0 Å². The van der Waals surface area contributed by atoms with E-state index in [4.69, 9.17) is 39.9 Å². The maximum absolute atomic E-state index is 6.60. The Bertz CT molecular complexity index is 1160. The molecule has 5 rings (SSSR count). The van der Waals surface area contributed by atoms with Gasteiger partial charge in [-0.3, -0.25) is 0 Å². The summed E-state index contributed by atoms with van der Waals surface area (Å²) in [6.45, 7) is 7.47. The molecule has 0 aliphatic carbocycles. The van der Waals surface area contributed by atoms with Gasteiger partial charge in [-0.25, -0.2) is 15.1 Å². The number of aromatic nitrogens is 2. The molecule has 0 atom stereocenters. The highest BCUT2D eigenvalue weighted by atomic mass is 35.5. The molecule has 168 valence electrons. The molecule has 1 N–H and O–H groups in total. The van der Waals surface area contributed by atoms with Crippen LogP contribution in [0.15, 0.2) is 41.3 Å². The van der Waals surface area contributed by atoms with Crippen molar-refractivity contribution in [2.45, 2.75) is 43.9 Å². The Balaban J connectivity index is 1.52. The third-order valence-electron chi connectivity index (χ3n) is 6.33. The van der Waals surface area contributed by atoms with Gasteiger partial charge < -0.3 is 0 Å². The van der Waals surface area contributed by atoms with E-state index in [0.29, 0.717) is 22.0 Å². The van der Waals surface area contributed by atoms with Crippen molar-refractivity contribution in [3.05, 3.63) is 62.7 Å². The summed E-state index contributed by atoms with van der Waals surface area (Å²) in [5.74, 6) is 0.869. The highest BCUT2D eigenvalue weighted by Gasteiger charge is 2.29. The number of hydrogen-bond acceptors (Lipinski definition) is 4. The molecular weight excluding hydrogens is 483 g/mol. The number of hydrazine groups is 1. The molecule has 1 fully saturated rings. The van der Waals surface area contributed by atoms with Crippen LogP contribution in [-0.4, -0.2) is 27.9 Å². The number of piperidine rings is 1. The fourth-order valence-electron chi connectivity index (χ4n) is 4.30. The van der Waals surface area contributed by atoms with Crippen molar-refractivity contribution in [3.63, 3.8) is 0 Å². The molecule has 32 heavy (non-hydrogen) atoms. The lowest BCUT2D eigenvalue weighted by Gasteiger charge is -2.36. The molecule has 4 nitrogen and oxygen atoms in total. The average Bonchev–Trinajstić information content (AvgIpc) is 3.11. The summed E-state index contributed by atoms with van der Waals surface area (Å²) in [6, 6.07) is 11.6. The van der Waals surface area contributed by atoms with E-state index in [0.717, 1.165) is 46.5 Å². The molecule has 3 aromatic rings. The lowest BCUT2D eigenvalue weighted by atomic mass is 9.83. The number of rotatable bonds is 4. The molecule has 2 aliphatic rings. The van der Waals surface area contributed by atoms with E-state index >= 15 is 0 Å². The van der Waals surface area contributed by atoms with Gasteiger partial charge in [-0.05, 0) is 54.2 Å². The van der Waals surface area contributed by atoms with Crippen LogP contribution in [0.2, 0.25) is 15.1 Å². The Morgan fingerprint density at radius 1 is 1.03 bits per heavy atom. The van der Waals surface area contributed by atoms with Gasteiger partial charge in [-0.15, -0.1) is 11.8 Å². The summed E-state index contributed by atoms with van der Waals surface area (Å²) in [5, 5.41) is 9.29. The molecule has 3 heterocycles. The van der Waals surface area contributed by atoms with Gasteiger partial charge in [0.05, 0.1) is 33.5 Å². The Hall–Kier alpha value is -1.21. The maximum Gasteiger partial charge on any atom is 0.0923 e. The van der Waals surface area contributed by atoms with Crippen molar-refractivity contribution in [2.75, 3.05) is 13.1 Å². The Labute approximate surface area is 208 Å². The first kappa shape index (κ1) is 22.6. The minimum absolute atomic E-state index is 0.422. The number of hydrogen-bond donors (Lipinski definition) is 1. The standard InChI is InChI=1S/C24H25Cl3N4S/c1-24(2)7-9-30(10-8-24)28-13-20-23-22(18-5-3-16(25)11-15(18)14-32-23)31(29-20)21-6-4-17(26)12-19(21)27/h3-6,11-12,28H,7-10,13-14H2,1-2H3. The first-order valence-corrected chi connectivity index (χ1v) is 12.9. The van der Waals surface area contributed by atoms with Gasteiger partial charge in [0.2, 0.25) is 0 Å². The fraction of sp³-hybridized carbons (Fsp3) is 0.375. The number of nitrogens with one attached hydrogen (secondary N) is 1. The SMILES string of the molecule is CC1(C)CCN(NCc2nn(-c3ccc(Cl)cc3Cl)c3c2SCc2cc(Cl)ccc2-3)CC1. The summed E-state index contributed by atoms with van der Waals surface area (Å²) in [7, 11) is 0. The number of benzene rings is 2. The van der Waals surface area contributed by atoms with Gasteiger partial charge in [0, 0.05) is 34.5 Å². The number of fused-ring (bicyclic) bond motifs is 3. The Kier molecular flexibility index (Phi) is 6.25. The molecule has 0 bridgehead atoms. The van der Waals surface area contributed by atoms with Crippen LogP contribution < -0.4 is 5.43 Å². The van der Waals surface area contributed by atoms with Crippen molar-refractivity contribution in [1.29, 1.82) is 0 Å². The third kappa shape index (κ3) is 4.44. The summed E-state index contributed by atoms with van der Waals surface area (Å²) in [5.41, 5.74) is 9.31. The molecule has 0 saturated carbocycles. The normalized spacial score (nSPS) is 17.8. The number of nitrogens with zero attached hydrogens (tertiary/aromatic N) is 3. The summed E-state index contributed by atoms with van der Waals surface area (Å²) in [4.78, 5) is 1.19. The van der Waals surface area contributed by atoms with Crippen molar-refractivity contribution < 1.29 is 0 Å². The van der Waals surface area contributed by atoms with E-state index in [1.54, 1.807) is 6.07 Å². The first-order chi connectivity index (χ1) is 15.3. The van der Waals surface area contributed by atoms with Crippen LogP contribution >= 0.6 is 46.6 Å². The molecule has 0 spiro atoms. The van der Waals surface area contributed by atoms with Crippen molar-refractivity contribution in [3.8, 4) is 16.9 Å². The van der Waals surface area contributed by atoms with Crippen LogP contribution in [0.1, 0.15) is 37.9 Å². The third-order valence-corrected chi connectivity index (χ3v) is 8.28. The van der Waals surface area contributed by atoms with Crippen LogP contribution in [0.5, 0.6) is 0 Å². The smallest absolute Gasteiger partial charge is 0.0923 e. The second-order valence-corrected chi connectivity index (χ2v) is 11.5. The highest BCUT2D eigenvalue weighted by Crippen LogP contribution is 2.45. The van der Waals surface area contributed by atoms with E-state index in [1.165, 1.54) is 23.3 Å². The Morgan fingerprint density at radius 2 is 1.75 bits per heavy atom. The number of halogens is 3. The summed E-state index contributed by atoms with van der Waals surface area (Å²) >= 11 is 20.8. The second kappa shape index (κ2) is 8.86. The molecule has 2 aliphatic heterocycles. The van der Waals surface area contributed by atoms with Gasteiger partial charge in [0.25, 0.3) is 0 Å². The predicted molar refractivity (Wildman–Crippen MR) is 135 cm³/mol. The molecule has 0 radical (unpaired) electrons. The topological polar surface area (TPSA) is 33.1 Å². The molecule has 1 saturated heterocycles. The average molecular weight is 508 g/mol. The van der Waals surface area contributed by atoms with Crippen molar-refractivity contribution in [1.82, 2.24) is 20.2 Å². The summed E-state index contributed by atoms with van der Waals surface area (Å²) < 4.78 is 1.96. The first-order valence-electron chi connectivity index (χ1n) is 10.8. The molecule has 1 aromatic heterocycles. The van der Waals surface area contributed by atoms with Crippen LogP contribution in [0.4, 0.5) is 0 Å². The van der Waals surface area contributed by atoms with Gasteiger partial charge >= 0.3 is 0 Å². The number of thioether (sulfide) groups is 1. The zero-order valence-electron chi connectivity index (χ0n) is 18.1. The van der Waals surface area contributed by atoms with Crippen molar-refractivity contribution in [2.24, 2.45) is 5.41 Å². The highest BCUT2D eigenvalue weighted by molar-refractivity contribution is 7.98. The molecule has 0 unspecified atom stereocenters. The zero-order valence-corrected chi connectivity index (χ0v) is 21.2. The van der Waals surface area contributed by atoms with Gasteiger partial charge in [0.15, 0.2) is 0 Å². The monoisotopic (exact) mass is 506 g/mol. The zero-order chi connectivity index (χ0) is 22.5. The Morgan fingerprint density at radius 3 is 2.50 bits per heavy atom. The quantitative estimate of drug-likeness (QED) is 0.404. The van der Waals surface area contributed by atoms with Crippen LogP contribution in [0.25, 0.3) is 16.9 Å². The molecule has 0 amide bonds. The molecule has 2 aromatic carbocycles. The van der Waals surface area contributed by atoms with Gasteiger partial charge in [-0.1, -0.05) is 54.7 Å².